The molecular weight excluding hydrogens is 556 g/mol. The van der Waals surface area contributed by atoms with Gasteiger partial charge in [-0.3, -0.25) is 4.57 Å². The van der Waals surface area contributed by atoms with Gasteiger partial charge in [0.2, 0.25) is 0 Å². The van der Waals surface area contributed by atoms with E-state index in [-0.39, 0.29) is 0 Å². The maximum Gasteiger partial charge on any atom is 0.145 e. The van der Waals surface area contributed by atoms with Crippen LogP contribution in [0, 0.1) is 0 Å². The highest BCUT2D eigenvalue weighted by atomic mass is 15.1. The van der Waals surface area contributed by atoms with Gasteiger partial charge >= 0.3 is 0 Å². The summed E-state index contributed by atoms with van der Waals surface area (Å²) in [5.74, 6) is 0.895. The summed E-state index contributed by atoms with van der Waals surface area (Å²) in [6.45, 7) is 6.17. The zero-order chi connectivity index (χ0) is 31.0. The number of imidazole rings is 1. The van der Waals surface area contributed by atoms with Crippen molar-refractivity contribution in [2.45, 2.75) is 6.92 Å². The zero-order valence-electron chi connectivity index (χ0n) is 25.7. The normalized spacial score (nSPS) is 11.6. The third-order valence-corrected chi connectivity index (χ3v) is 8.88. The SMILES string of the molecule is C=Cc1c(/C=C\C)nc(-c2ccccc2)n1-c1ccc(-c2c3ccccc3c(-c3ccc4ccccc4c3)c3ccccc23)cc1. The number of nitrogens with zero attached hydrogens (tertiary/aromatic N) is 2. The number of allylic oxidation sites excluding steroid dienone is 1. The zero-order valence-corrected chi connectivity index (χ0v) is 25.7. The van der Waals surface area contributed by atoms with E-state index >= 15 is 0 Å². The van der Waals surface area contributed by atoms with Gasteiger partial charge in [0.25, 0.3) is 0 Å². The summed E-state index contributed by atoms with van der Waals surface area (Å²) in [6, 6.07) is 52.3. The van der Waals surface area contributed by atoms with E-state index in [1.807, 2.05) is 31.2 Å². The fourth-order valence-electron chi connectivity index (χ4n) is 6.84. The Morgan fingerprint density at radius 2 is 1.09 bits per heavy atom. The van der Waals surface area contributed by atoms with E-state index in [4.69, 9.17) is 4.98 Å². The summed E-state index contributed by atoms with van der Waals surface area (Å²) >= 11 is 0. The summed E-state index contributed by atoms with van der Waals surface area (Å²) in [5, 5.41) is 7.49. The minimum atomic E-state index is 0.895. The van der Waals surface area contributed by atoms with Crippen molar-refractivity contribution >= 4 is 44.5 Å². The number of fused-ring (bicyclic) bond motifs is 3. The Bertz CT molecular complexity index is 2370. The molecule has 0 atom stereocenters. The van der Waals surface area contributed by atoms with Gasteiger partial charge in [0.15, 0.2) is 0 Å². The number of benzene rings is 7. The Hall–Kier alpha value is -5.99. The third-order valence-electron chi connectivity index (χ3n) is 8.88. The van der Waals surface area contributed by atoms with Crippen molar-refractivity contribution in [1.29, 1.82) is 0 Å². The van der Waals surface area contributed by atoms with Crippen molar-refractivity contribution in [2.24, 2.45) is 0 Å². The Morgan fingerprint density at radius 1 is 0.543 bits per heavy atom. The first kappa shape index (κ1) is 27.6. The average Bonchev–Trinajstić information content (AvgIpc) is 3.49. The van der Waals surface area contributed by atoms with E-state index in [0.717, 1.165) is 28.5 Å². The molecule has 8 rings (SSSR count). The van der Waals surface area contributed by atoms with Crippen molar-refractivity contribution in [3.8, 4) is 39.3 Å². The van der Waals surface area contributed by atoms with Crippen molar-refractivity contribution in [1.82, 2.24) is 9.55 Å². The largest absolute Gasteiger partial charge is 0.292 e. The number of aromatic nitrogens is 2. The lowest BCUT2D eigenvalue weighted by molar-refractivity contribution is 1.05. The Kier molecular flexibility index (Phi) is 6.89. The molecule has 0 amide bonds. The molecule has 0 N–H and O–H groups in total. The summed E-state index contributed by atoms with van der Waals surface area (Å²) in [6.07, 6.45) is 5.97. The number of rotatable bonds is 6. The van der Waals surface area contributed by atoms with Gasteiger partial charge in [-0.25, -0.2) is 4.98 Å². The molecule has 1 heterocycles. The van der Waals surface area contributed by atoms with Crippen molar-refractivity contribution in [2.75, 3.05) is 0 Å². The van der Waals surface area contributed by atoms with Gasteiger partial charge in [0, 0.05) is 11.3 Å². The highest BCUT2D eigenvalue weighted by Crippen LogP contribution is 2.44. The third kappa shape index (κ3) is 4.55. The van der Waals surface area contributed by atoms with Crippen molar-refractivity contribution in [3.63, 3.8) is 0 Å². The minimum absolute atomic E-state index is 0.895. The molecule has 0 saturated carbocycles. The monoisotopic (exact) mass is 588 g/mol. The topological polar surface area (TPSA) is 17.8 Å². The van der Waals surface area contributed by atoms with Crippen LogP contribution in [-0.2, 0) is 0 Å². The molecule has 2 nitrogen and oxygen atoms in total. The fourth-order valence-corrected chi connectivity index (χ4v) is 6.84. The van der Waals surface area contributed by atoms with Gasteiger partial charge in [-0.1, -0.05) is 140 Å². The summed E-state index contributed by atoms with van der Waals surface area (Å²) < 4.78 is 2.21. The minimum Gasteiger partial charge on any atom is -0.292 e. The van der Waals surface area contributed by atoms with Crippen LogP contribution in [0.25, 0.3) is 83.8 Å². The molecule has 1 aromatic heterocycles. The summed E-state index contributed by atoms with van der Waals surface area (Å²) in [7, 11) is 0. The predicted molar refractivity (Wildman–Crippen MR) is 197 cm³/mol. The summed E-state index contributed by atoms with van der Waals surface area (Å²) in [4.78, 5) is 5.04. The fraction of sp³-hybridized carbons (Fsp3) is 0.0227. The second kappa shape index (κ2) is 11.5. The maximum atomic E-state index is 5.04. The standard InChI is InChI=1S/C44H32N2/c1-3-14-40-41(4-2)46(44(45-40)32-16-6-5-7-17-32)35-27-25-31(26-28-35)42-36-19-10-12-21-38(36)43(39-22-13-11-20-37(39)42)34-24-23-30-15-8-9-18-33(30)29-34/h3-29H,2H2,1H3/b14-3-. The van der Waals surface area contributed by atoms with Crippen LogP contribution < -0.4 is 0 Å². The van der Waals surface area contributed by atoms with E-state index in [1.54, 1.807) is 0 Å². The summed E-state index contributed by atoms with van der Waals surface area (Å²) in [5.41, 5.74) is 8.91. The van der Waals surface area contributed by atoms with Gasteiger partial charge in [-0.2, -0.15) is 0 Å². The molecule has 0 spiro atoms. The number of hydrogen-bond donors (Lipinski definition) is 0. The van der Waals surface area contributed by atoms with E-state index in [9.17, 15) is 0 Å². The Balaban J connectivity index is 1.34. The van der Waals surface area contributed by atoms with Gasteiger partial charge in [-0.05, 0) is 91.8 Å². The Labute approximate surface area is 269 Å². The van der Waals surface area contributed by atoms with Crippen LogP contribution >= 0.6 is 0 Å². The first-order valence-electron chi connectivity index (χ1n) is 15.7. The lowest BCUT2D eigenvalue weighted by Crippen LogP contribution is -2.00. The first-order valence-corrected chi connectivity index (χ1v) is 15.7. The van der Waals surface area contributed by atoms with Crippen LogP contribution in [0.2, 0.25) is 0 Å². The van der Waals surface area contributed by atoms with Crippen LogP contribution in [0.1, 0.15) is 18.3 Å². The van der Waals surface area contributed by atoms with Crippen molar-refractivity contribution < 1.29 is 0 Å². The van der Waals surface area contributed by atoms with Gasteiger partial charge in [0.1, 0.15) is 5.82 Å². The second-order valence-electron chi connectivity index (χ2n) is 11.6. The van der Waals surface area contributed by atoms with Crippen LogP contribution in [0.3, 0.4) is 0 Å². The highest BCUT2D eigenvalue weighted by Gasteiger charge is 2.19. The molecule has 8 aromatic rings. The van der Waals surface area contributed by atoms with Gasteiger partial charge in [-0.15, -0.1) is 0 Å². The lowest BCUT2D eigenvalue weighted by Gasteiger charge is -2.18. The van der Waals surface area contributed by atoms with Crippen LogP contribution in [-0.4, -0.2) is 9.55 Å². The molecule has 0 aliphatic carbocycles. The number of hydrogen-bond acceptors (Lipinski definition) is 1. The maximum absolute atomic E-state index is 5.04. The average molecular weight is 589 g/mol. The second-order valence-corrected chi connectivity index (χ2v) is 11.6. The smallest absolute Gasteiger partial charge is 0.145 e. The van der Waals surface area contributed by atoms with E-state index in [2.05, 4.69) is 151 Å². The van der Waals surface area contributed by atoms with Gasteiger partial charge in [0.05, 0.1) is 11.4 Å². The Morgan fingerprint density at radius 3 is 1.70 bits per heavy atom. The molecule has 0 radical (unpaired) electrons. The van der Waals surface area contributed by atoms with Crippen molar-refractivity contribution in [3.05, 3.63) is 170 Å². The molecule has 218 valence electrons. The molecular formula is C44H32N2. The van der Waals surface area contributed by atoms with Crippen LogP contribution in [0.4, 0.5) is 0 Å². The highest BCUT2D eigenvalue weighted by molar-refractivity contribution is 6.21. The van der Waals surface area contributed by atoms with Crippen LogP contribution in [0.15, 0.2) is 158 Å². The van der Waals surface area contributed by atoms with E-state index < -0.39 is 0 Å². The molecule has 0 fully saturated rings. The lowest BCUT2D eigenvalue weighted by atomic mass is 9.85. The first-order chi connectivity index (χ1) is 22.7. The molecule has 0 bridgehead atoms. The van der Waals surface area contributed by atoms with Crippen LogP contribution in [0.5, 0.6) is 0 Å². The van der Waals surface area contributed by atoms with Gasteiger partial charge < -0.3 is 0 Å². The quantitative estimate of drug-likeness (QED) is 0.177. The molecule has 0 unspecified atom stereocenters. The molecule has 2 heteroatoms. The van der Waals surface area contributed by atoms with E-state index in [0.29, 0.717) is 0 Å². The molecule has 46 heavy (non-hydrogen) atoms. The molecule has 0 aliphatic heterocycles. The molecule has 0 saturated heterocycles. The molecule has 0 aliphatic rings. The predicted octanol–water partition coefficient (Wildman–Crippen LogP) is 12.0. The molecule has 7 aromatic carbocycles. The van der Waals surface area contributed by atoms with E-state index in [1.165, 1.54) is 54.6 Å².